The van der Waals surface area contributed by atoms with Crippen LogP contribution in [-0.4, -0.2) is 24.4 Å². The van der Waals surface area contributed by atoms with Crippen LogP contribution in [0.25, 0.3) is 11.1 Å². The third-order valence-corrected chi connectivity index (χ3v) is 5.97. The number of benzene rings is 1. The Balaban J connectivity index is 2.06. The van der Waals surface area contributed by atoms with Crippen molar-refractivity contribution in [3.63, 3.8) is 0 Å². The van der Waals surface area contributed by atoms with Crippen LogP contribution in [0.1, 0.15) is 41.7 Å². The van der Waals surface area contributed by atoms with Gasteiger partial charge in [0.05, 0.1) is 10.6 Å². The van der Waals surface area contributed by atoms with Gasteiger partial charge in [0.2, 0.25) is 0 Å². The van der Waals surface area contributed by atoms with E-state index in [0.29, 0.717) is 11.5 Å². The van der Waals surface area contributed by atoms with Gasteiger partial charge in [0.15, 0.2) is 9.84 Å². The molecule has 0 atom stereocenters. The molecule has 1 aromatic heterocycles. The number of sulfone groups is 1. The van der Waals surface area contributed by atoms with Gasteiger partial charge in [-0.25, -0.2) is 13.4 Å². The molecule has 6 heteroatoms. The van der Waals surface area contributed by atoms with Gasteiger partial charge in [-0.05, 0) is 47.6 Å². The van der Waals surface area contributed by atoms with Crippen molar-refractivity contribution in [2.75, 3.05) is 5.75 Å². The molecule has 0 N–H and O–H groups in total. The lowest BCUT2D eigenvalue weighted by Crippen LogP contribution is -2.11. The molecule has 120 valence electrons. The number of nitrogens with zero attached hydrogens (tertiary/aromatic N) is 1. The number of halogens is 1. The van der Waals surface area contributed by atoms with Crippen molar-refractivity contribution in [3.8, 4) is 11.1 Å². The first kappa shape index (κ1) is 16.1. The smallest absolute Gasteiger partial charge is 0.272 e. The predicted molar refractivity (Wildman–Crippen MR) is 89.6 cm³/mol. The molecule has 0 unspecified atom stereocenters. The second-order valence-corrected chi connectivity index (χ2v) is 8.23. The number of rotatable bonds is 5. The Bertz CT molecular complexity index is 856. The van der Waals surface area contributed by atoms with Gasteiger partial charge < -0.3 is 0 Å². The highest BCUT2D eigenvalue weighted by atomic mass is 35.5. The molecule has 1 saturated carbocycles. The maximum absolute atomic E-state index is 12.2. The molecule has 4 nitrogen and oxygen atoms in total. The first-order valence-electron chi connectivity index (χ1n) is 7.45. The van der Waals surface area contributed by atoms with E-state index >= 15 is 0 Å². The Morgan fingerprint density at radius 2 is 1.87 bits per heavy atom. The lowest BCUT2D eigenvalue weighted by Gasteiger charge is -2.09. The van der Waals surface area contributed by atoms with Crippen LogP contribution in [0.3, 0.4) is 0 Å². The van der Waals surface area contributed by atoms with Gasteiger partial charge >= 0.3 is 0 Å². The molecule has 1 heterocycles. The molecule has 3 rings (SSSR count). The SMILES string of the molecule is CCS(=O)(=O)c1cc(-c2ccc(C3CC3)cc2)cnc1C(=O)Cl. The van der Waals surface area contributed by atoms with Crippen LogP contribution in [-0.2, 0) is 9.84 Å². The minimum atomic E-state index is -3.58. The summed E-state index contributed by atoms with van der Waals surface area (Å²) in [6.07, 6.45) is 3.94. The molecule has 1 fully saturated rings. The average Bonchev–Trinajstić information content (AvgIpc) is 3.39. The van der Waals surface area contributed by atoms with E-state index in [9.17, 15) is 13.2 Å². The van der Waals surface area contributed by atoms with E-state index in [4.69, 9.17) is 11.6 Å². The van der Waals surface area contributed by atoms with Crippen LogP contribution in [0.5, 0.6) is 0 Å². The number of carbonyl (C=O) groups excluding carboxylic acids is 1. The fourth-order valence-corrected chi connectivity index (χ4v) is 3.77. The zero-order valence-corrected chi connectivity index (χ0v) is 14.2. The third-order valence-electron chi connectivity index (χ3n) is 4.05. The molecule has 0 aliphatic heterocycles. The van der Waals surface area contributed by atoms with Crippen molar-refractivity contribution in [3.05, 3.63) is 47.8 Å². The Kier molecular flexibility index (Phi) is 4.25. The number of hydrogen-bond acceptors (Lipinski definition) is 4. The number of carbonyl (C=O) groups is 1. The summed E-state index contributed by atoms with van der Waals surface area (Å²) in [6.45, 7) is 1.52. The zero-order chi connectivity index (χ0) is 16.6. The van der Waals surface area contributed by atoms with E-state index < -0.39 is 15.1 Å². The summed E-state index contributed by atoms with van der Waals surface area (Å²) < 4.78 is 24.4. The van der Waals surface area contributed by atoms with Crippen LogP contribution in [0.2, 0.25) is 0 Å². The van der Waals surface area contributed by atoms with Crippen LogP contribution < -0.4 is 0 Å². The van der Waals surface area contributed by atoms with Crippen LogP contribution in [0.4, 0.5) is 0 Å². The molecule has 0 radical (unpaired) electrons. The molecule has 0 bridgehead atoms. The molecule has 1 aromatic carbocycles. The van der Waals surface area contributed by atoms with Gasteiger partial charge in [-0.15, -0.1) is 0 Å². The molecule has 0 spiro atoms. The van der Waals surface area contributed by atoms with Crippen LogP contribution in [0.15, 0.2) is 41.4 Å². The third kappa shape index (κ3) is 3.31. The molecule has 23 heavy (non-hydrogen) atoms. The Morgan fingerprint density at radius 3 is 2.39 bits per heavy atom. The summed E-state index contributed by atoms with van der Waals surface area (Å²) in [5, 5.41) is -0.868. The Morgan fingerprint density at radius 1 is 1.22 bits per heavy atom. The molecule has 0 saturated heterocycles. The summed E-state index contributed by atoms with van der Waals surface area (Å²) in [7, 11) is -3.58. The maximum Gasteiger partial charge on any atom is 0.272 e. The van der Waals surface area contributed by atoms with E-state index in [-0.39, 0.29) is 16.3 Å². The first-order valence-corrected chi connectivity index (χ1v) is 9.48. The fourth-order valence-electron chi connectivity index (χ4n) is 2.51. The van der Waals surface area contributed by atoms with Crippen LogP contribution in [0, 0.1) is 0 Å². The van der Waals surface area contributed by atoms with Crippen molar-refractivity contribution in [2.45, 2.75) is 30.6 Å². The summed E-state index contributed by atoms with van der Waals surface area (Å²) in [5.74, 6) is 0.546. The van der Waals surface area contributed by atoms with Gasteiger partial charge in [0.25, 0.3) is 5.24 Å². The first-order chi connectivity index (χ1) is 10.9. The zero-order valence-electron chi connectivity index (χ0n) is 12.6. The summed E-state index contributed by atoms with van der Waals surface area (Å²) in [5.41, 5.74) is 2.60. The highest BCUT2D eigenvalue weighted by Crippen LogP contribution is 2.40. The van der Waals surface area contributed by atoms with Crippen LogP contribution >= 0.6 is 11.6 Å². The number of pyridine rings is 1. The fraction of sp³-hybridized carbons (Fsp3) is 0.294. The minimum Gasteiger partial charge on any atom is -0.274 e. The lowest BCUT2D eigenvalue weighted by atomic mass is 10.0. The largest absolute Gasteiger partial charge is 0.274 e. The number of hydrogen-bond donors (Lipinski definition) is 0. The Labute approximate surface area is 140 Å². The molecule has 0 amide bonds. The Hall–Kier alpha value is -1.72. The second kappa shape index (κ2) is 6.06. The summed E-state index contributed by atoms with van der Waals surface area (Å²) in [4.78, 5) is 15.3. The molecular formula is C17H16ClNO3S. The van der Waals surface area contributed by atoms with Crippen molar-refractivity contribution >= 4 is 26.7 Å². The van der Waals surface area contributed by atoms with Crippen molar-refractivity contribution in [1.29, 1.82) is 0 Å². The topological polar surface area (TPSA) is 64.1 Å². The molecule has 2 aromatic rings. The quantitative estimate of drug-likeness (QED) is 0.770. The highest BCUT2D eigenvalue weighted by molar-refractivity contribution is 7.91. The monoisotopic (exact) mass is 349 g/mol. The highest BCUT2D eigenvalue weighted by Gasteiger charge is 2.24. The predicted octanol–water partition coefficient (Wildman–Crippen LogP) is 3.80. The van der Waals surface area contributed by atoms with Crippen molar-refractivity contribution in [2.24, 2.45) is 0 Å². The molecule has 1 aliphatic carbocycles. The van der Waals surface area contributed by atoms with E-state index in [0.717, 1.165) is 5.56 Å². The summed E-state index contributed by atoms with van der Waals surface area (Å²) in [6, 6.07) is 9.50. The lowest BCUT2D eigenvalue weighted by molar-refractivity contribution is 0.107. The van der Waals surface area contributed by atoms with E-state index in [1.165, 1.54) is 37.6 Å². The van der Waals surface area contributed by atoms with Crippen molar-refractivity contribution in [1.82, 2.24) is 4.98 Å². The second-order valence-electron chi connectivity index (χ2n) is 5.64. The van der Waals surface area contributed by atoms with E-state index in [2.05, 4.69) is 17.1 Å². The van der Waals surface area contributed by atoms with E-state index in [1.807, 2.05) is 12.1 Å². The normalized spacial score (nSPS) is 14.7. The van der Waals surface area contributed by atoms with Gasteiger partial charge in [-0.2, -0.15) is 0 Å². The summed E-state index contributed by atoms with van der Waals surface area (Å²) >= 11 is 5.47. The maximum atomic E-state index is 12.2. The minimum absolute atomic E-state index is 0.108. The van der Waals surface area contributed by atoms with Gasteiger partial charge in [-0.1, -0.05) is 31.2 Å². The van der Waals surface area contributed by atoms with Crippen molar-refractivity contribution < 1.29 is 13.2 Å². The average molecular weight is 350 g/mol. The van der Waals surface area contributed by atoms with Gasteiger partial charge in [-0.3, -0.25) is 4.79 Å². The molecule has 1 aliphatic rings. The van der Waals surface area contributed by atoms with Gasteiger partial charge in [0.1, 0.15) is 5.69 Å². The standard InChI is InChI=1S/C17H16ClNO3S/c1-2-23(21,22)15-9-14(10-19-16(15)17(18)20)13-7-5-12(6-8-13)11-3-4-11/h5-11H,2-4H2,1H3. The number of aromatic nitrogens is 1. The van der Waals surface area contributed by atoms with Gasteiger partial charge in [0, 0.05) is 11.8 Å². The molecular weight excluding hydrogens is 334 g/mol. The van der Waals surface area contributed by atoms with E-state index in [1.54, 1.807) is 0 Å².